The van der Waals surface area contributed by atoms with Crippen LogP contribution in [-0.4, -0.2) is 31.4 Å². The number of carbonyl (C=O) groups is 2. The lowest BCUT2D eigenvalue weighted by atomic mass is 10.1. The maximum Gasteiger partial charge on any atom is 0.412 e. The molecule has 0 aliphatic rings. The molecule has 0 unspecified atom stereocenters. The smallest absolute Gasteiger partial charge is 0.412 e. The van der Waals surface area contributed by atoms with Gasteiger partial charge in [-0.2, -0.15) is 0 Å². The van der Waals surface area contributed by atoms with E-state index in [9.17, 15) is 14.7 Å². The molecule has 0 aromatic heterocycles. The first kappa shape index (κ1) is 17.1. The predicted octanol–water partition coefficient (Wildman–Crippen LogP) is 3.15. The fourth-order valence-electron chi connectivity index (χ4n) is 2.03. The highest BCUT2D eigenvalue weighted by Crippen LogP contribution is 2.33. The van der Waals surface area contributed by atoms with Crippen LogP contribution in [0.3, 0.4) is 0 Å². The minimum atomic E-state index is -1.23. The van der Waals surface area contributed by atoms with Crippen LogP contribution >= 0.6 is 0 Å². The quantitative estimate of drug-likeness (QED) is 0.844. The van der Waals surface area contributed by atoms with Gasteiger partial charge in [0.1, 0.15) is 23.8 Å². The van der Waals surface area contributed by atoms with Crippen molar-refractivity contribution >= 4 is 17.7 Å². The molecule has 126 valence electrons. The van der Waals surface area contributed by atoms with Gasteiger partial charge < -0.3 is 19.3 Å². The zero-order chi connectivity index (χ0) is 17.5. The predicted molar refractivity (Wildman–Crippen MR) is 86.8 cm³/mol. The Hall–Kier alpha value is -3.22. The minimum Gasteiger partial charge on any atom is -0.497 e. The Balaban J connectivity index is 2.18. The molecule has 0 radical (unpaired) electrons. The molecule has 0 saturated carbocycles. The molecule has 2 aromatic carbocycles. The molecule has 0 saturated heterocycles. The molecule has 0 aliphatic carbocycles. The van der Waals surface area contributed by atoms with E-state index in [0.717, 1.165) is 5.56 Å². The van der Waals surface area contributed by atoms with Crippen LogP contribution in [0.5, 0.6) is 11.5 Å². The third kappa shape index (κ3) is 4.16. The molecule has 2 aromatic rings. The number of carboxylic acids is 1. The summed E-state index contributed by atoms with van der Waals surface area (Å²) in [5.74, 6) is -0.776. The van der Waals surface area contributed by atoms with Gasteiger partial charge in [-0.05, 0) is 11.6 Å². The van der Waals surface area contributed by atoms with E-state index in [1.807, 2.05) is 30.3 Å². The summed E-state index contributed by atoms with van der Waals surface area (Å²) in [7, 11) is 2.77. The van der Waals surface area contributed by atoms with E-state index in [2.05, 4.69) is 5.32 Å². The number of benzene rings is 2. The number of methoxy groups -OCH3 is 2. The Labute approximate surface area is 138 Å². The van der Waals surface area contributed by atoms with Crippen LogP contribution in [0.25, 0.3) is 0 Å². The van der Waals surface area contributed by atoms with Gasteiger partial charge in [-0.3, -0.25) is 5.32 Å². The number of amides is 1. The normalized spacial score (nSPS) is 9.92. The summed E-state index contributed by atoms with van der Waals surface area (Å²) in [6, 6.07) is 11.9. The monoisotopic (exact) mass is 331 g/mol. The zero-order valence-corrected chi connectivity index (χ0v) is 13.2. The van der Waals surface area contributed by atoms with Crippen molar-refractivity contribution in [1.82, 2.24) is 0 Å². The van der Waals surface area contributed by atoms with E-state index in [0.29, 0.717) is 5.75 Å². The van der Waals surface area contributed by atoms with Crippen LogP contribution in [0.15, 0.2) is 42.5 Å². The molecule has 7 nitrogen and oxygen atoms in total. The third-order valence-electron chi connectivity index (χ3n) is 3.20. The summed E-state index contributed by atoms with van der Waals surface area (Å²) in [6.45, 7) is 0.0630. The maximum absolute atomic E-state index is 12.0. The number of aromatic carboxylic acids is 1. The highest BCUT2D eigenvalue weighted by atomic mass is 16.5. The Morgan fingerprint density at radius 2 is 1.79 bits per heavy atom. The Morgan fingerprint density at radius 1 is 1.08 bits per heavy atom. The van der Waals surface area contributed by atoms with E-state index in [4.69, 9.17) is 14.2 Å². The number of hydrogen-bond acceptors (Lipinski definition) is 5. The topological polar surface area (TPSA) is 94.1 Å². The maximum atomic E-state index is 12.0. The van der Waals surface area contributed by atoms with Crippen LogP contribution < -0.4 is 14.8 Å². The first-order chi connectivity index (χ1) is 11.5. The van der Waals surface area contributed by atoms with E-state index in [1.54, 1.807) is 0 Å². The molecule has 1 amide bonds. The average Bonchev–Trinajstić information content (AvgIpc) is 2.60. The highest BCUT2D eigenvalue weighted by molar-refractivity contribution is 6.01. The van der Waals surface area contributed by atoms with Gasteiger partial charge in [0.25, 0.3) is 0 Å². The second kappa shape index (κ2) is 7.87. The van der Waals surface area contributed by atoms with E-state index in [-0.39, 0.29) is 23.6 Å². The summed E-state index contributed by atoms with van der Waals surface area (Å²) in [5, 5.41) is 11.7. The number of hydrogen-bond donors (Lipinski definition) is 2. The SMILES string of the molecule is COc1cc(OC)c(NC(=O)OCc2ccccc2)c(C(=O)O)c1. The van der Waals surface area contributed by atoms with Crippen LogP contribution in [0, 0.1) is 0 Å². The Kier molecular flexibility index (Phi) is 5.62. The number of rotatable bonds is 6. The first-order valence-corrected chi connectivity index (χ1v) is 7.02. The standard InChI is InChI=1S/C17H17NO6/c1-22-12-8-13(16(19)20)15(14(9-12)23-2)18-17(21)24-10-11-6-4-3-5-7-11/h3-9H,10H2,1-2H3,(H,18,21)(H,19,20). The number of anilines is 1. The molecule has 0 bridgehead atoms. The number of nitrogens with one attached hydrogen (secondary N) is 1. The summed E-state index contributed by atoms with van der Waals surface area (Å²) < 4.78 is 15.2. The van der Waals surface area contributed by atoms with Gasteiger partial charge in [0.15, 0.2) is 0 Å². The van der Waals surface area contributed by atoms with E-state index in [1.165, 1.54) is 26.4 Å². The van der Waals surface area contributed by atoms with Crippen molar-refractivity contribution < 1.29 is 28.9 Å². The zero-order valence-electron chi connectivity index (χ0n) is 13.2. The molecule has 0 spiro atoms. The molecule has 0 heterocycles. The first-order valence-electron chi connectivity index (χ1n) is 7.02. The number of carboxylic acid groups (broad SMARTS) is 1. The lowest BCUT2D eigenvalue weighted by Gasteiger charge is -2.14. The third-order valence-corrected chi connectivity index (χ3v) is 3.20. The number of ether oxygens (including phenoxy) is 3. The molecule has 0 fully saturated rings. The van der Waals surface area contributed by atoms with Crippen molar-refractivity contribution in [1.29, 1.82) is 0 Å². The lowest BCUT2D eigenvalue weighted by molar-refractivity contribution is 0.0697. The van der Waals surface area contributed by atoms with Crippen LogP contribution in [-0.2, 0) is 11.3 Å². The van der Waals surface area contributed by atoms with Gasteiger partial charge in [-0.25, -0.2) is 9.59 Å². The van der Waals surface area contributed by atoms with E-state index >= 15 is 0 Å². The van der Waals surface area contributed by atoms with Crippen molar-refractivity contribution in [3.05, 3.63) is 53.6 Å². The summed E-state index contributed by atoms with van der Waals surface area (Å²) in [4.78, 5) is 23.4. The Morgan fingerprint density at radius 3 is 2.38 bits per heavy atom. The van der Waals surface area contributed by atoms with Crippen LogP contribution in [0.2, 0.25) is 0 Å². The largest absolute Gasteiger partial charge is 0.497 e. The van der Waals surface area contributed by atoms with Gasteiger partial charge in [0, 0.05) is 6.07 Å². The van der Waals surface area contributed by atoms with Crippen molar-refractivity contribution in [2.75, 3.05) is 19.5 Å². The second-order valence-electron chi connectivity index (χ2n) is 4.74. The molecular weight excluding hydrogens is 314 g/mol. The van der Waals surface area contributed by atoms with Crippen molar-refractivity contribution in [3.63, 3.8) is 0 Å². The fraction of sp³-hybridized carbons (Fsp3) is 0.176. The summed E-state index contributed by atoms with van der Waals surface area (Å²) in [6.07, 6.45) is -0.787. The summed E-state index contributed by atoms with van der Waals surface area (Å²) in [5.41, 5.74) is 0.652. The van der Waals surface area contributed by atoms with Gasteiger partial charge in [0.2, 0.25) is 0 Å². The molecule has 0 aliphatic heterocycles. The van der Waals surface area contributed by atoms with Gasteiger partial charge in [-0.15, -0.1) is 0 Å². The minimum absolute atomic E-state index is 0.00358. The van der Waals surface area contributed by atoms with Crippen molar-refractivity contribution in [3.8, 4) is 11.5 Å². The average molecular weight is 331 g/mol. The van der Waals surface area contributed by atoms with Crippen LogP contribution in [0.4, 0.5) is 10.5 Å². The van der Waals surface area contributed by atoms with Gasteiger partial charge >= 0.3 is 12.1 Å². The van der Waals surface area contributed by atoms with Crippen LogP contribution in [0.1, 0.15) is 15.9 Å². The van der Waals surface area contributed by atoms with Crippen molar-refractivity contribution in [2.45, 2.75) is 6.61 Å². The highest BCUT2D eigenvalue weighted by Gasteiger charge is 2.20. The second-order valence-corrected chi connectivity index (χ2v) is 4.74. The van der Waals surface area contributed by atoms with Gasteiger partial charge in [0.05, 0.1) is 19.8 Å². The fourth-order valence-corrected chi connectivity index (χ4v) is 2.03. The molecule has 2 N–H and O–H groups in total. The Bertz CT molecular complexity index is 729. The van der Waals surface area contributed by atoms with Crippen molar-refractivity contribution in [2.24, 2.45) is 0 Å². The molecule has 0 atom stereocenters. The number of carbonyl (C=O) groups excluding carboxylic acids is 1. The molecule has 2 rings (SSSR count). The molecular formula is C17H17NO6. The van der Waals surface area contributed by atoms with Gasteiger partial charge in [-0.1, -0.05) is 30.3 Å². The molecule has 7 heteroatoms. The molecule has 24 heavy (non-hydrogen) atoms. The van der Waals surface area contributed by atoms with E-state index < -0.39 is 12.1 Å². The lowest BCUT2D eigenvalue weighted by Crippen LogP contribution is -2.17. The summed E-state index contributed by atoms with van der Waals surface area (Å²) >= 11 is 0.